The number of aromatic carboxylic acids is 1. The molecule has 0 bridgehead atoms. The third-order valence-electron chi connectivity index (χ3n) is 4.45. The molecule has 21 heavy (non-hydrogen) atoms. The van der Waals surface area contributed by atoms with Crippen LogP contribution in [-0.4, -0.2) is 26.5 Å². The number of hydrogen-bond acceptors (Lipinski definition) is 3. The third kappa shape index (κ3) is 2.73. The first kappa shape index (κ1) is 13.9. The average molecular weight is 287 g/mol. The van der Waals surface area contributed by atoms with Crippen molar-refractivity contribution < 1.29 is 9.90 Å². The van der Waals surface area contributed by atoms with Gasteiger partial charge in [0.15, 0.2) is 11.5 Å². The Morgan fingerprint density at radius 2 is 2.14 bits per heavy atom. The van der Waals surface area contributed by atoms with E-state index in [-0.39, 0.29) is 11.7 Å². The van der Waals surface area contributed by atoms with Crippen LogP contribution in [0.5, 0.6) is 0 Å². The molecule has 5 nitrogen and oxygen atoms in total. The number of anilines is 1. The molecule has 0 aliphatic heterocycles. The van der Waals surface area contributed by atoms with E-state index in [2.05, 4.69) is 17.2 Å². The van der Waals surface area contributed by atoms with E-state index in [1.54, 1.807) is 10.6 Å². The zero-order chi connectivity index (χ0) is 14.8. The molecule has 5 heteroatoms. The summed E-state index contributed by atoms with van der Waals surface area (Å²) in [5.41, 5.74) is 0.876. The molecule has 0 saturated heterocycles. The Balaban J connectivity index is 1.89. The quantitative estimate of drug-likeness (QED) is 0.904. The van der Waals surface area contributed by atoms with Gasteiger partial charge in [-0.1, -0.05) is 25.3 Å². The van der Waals surface area contributed by atoms with Gasteiger partial charge in [0, 0.05) is 12.2 Å². The molecule has 1 saturated carbocycles. The summed E-state index contributed by atoms with van der Waals surface area (Å²) in [6.45, 7) is 2.13. The number of hydrogen-bond donors (Lipinski definition) is 2. The molecule has 1 unspecified atom stereocenters. The van der Waals surface area contributed by atoms with E-state index < -0.39 is 5.97 Å². The number of fused-ring (bicyclic) bond motifs is 1. The van der Waals surface area contributed by atoms with Crippen molar-refractivity contribution >= 4 is 17.4 Å². The van der Waals surface area contributed by atoms with E-state index in [1.807, 2.05) is 18.2 Å². The molecule has 2 aromatic rings. The minimum Gasteiger partial charge on any atom is -0.476 e. The minimum atomic E-state index is -0.952. The summed E-state index contributed by atoms with van der Waals surface area (Å²) in [6, 6.07) is 5.74. The second-order valence-electron chi connectivity index (χ2n) is 5.87. The second-order valence-corrected chi connectivity index (χ2v) is 5.87. The van der Waals surface area contributed by atoms with E-state index >= 15 is 0 Å². The summed E-state index contributed by atoms with van der Waals surface area (Å²) in [5, 5.41) is 12.8. The molecule has 1 aliphatic rings. The molecule has 2 aromatic heterocycles. The van der Waals surface area contributed by atoms with Gasteiger partial charge in [-0.3, -0.25) is 4.40 Å². The Labute approximate surface area is 124 Å². The molecule has 0 amide bonds. The summed E-state index contributed by atoms with van der Waals surface area (Å²) >= 11 is 0. The molecule has 0 radical (unpaired) electrons. The number of nitrogens with zero attached hydrogens (tertiary/aromatic N) is 2. The smallest absolute Gasteiger partial charge is 0.356 e. The number of carbonyl (C=O) groups is 1. The molecular formula is C16H21N3O2. The fraction of sp³-hybridized carbons (Fsp3) is 0.500. The number of pyridine rings is 1. The van der Waals surface area contributed by atoms with Crippen molar-refractivity contribution in [3.05, 3.63) is 30.1 Å². The Morgan fingerprint density at radius 1 is 1.38 bits per heavy atom. The van der Waals surface area contributed by atoms with Crippen molar-refractivity contribution in [1.82, 2.24) is 9.38 Å². The summed E-state index contributed by atoms with van der Waals surface area (Å²) < 4.78 is 1.62. The van der Waals surface area contributed by atoms with Crippen LogP contribution in [0.15, 0.2) is 24.4 Å². The molecule has 0 spiro atoms. The molecule has 1 aliphatic carbocycles. The van der Waals surface area contributed by atoms with Crippen molar-refractivity contribution in [3.63, 3.8) is 0 Å². The second kappa shape index (κ2) is 5.76. The van der Waals surface area contributed by atoms with Gasteiger partial charge in [0.25, 0.3) is 0 Å². The number of imidazole rings is 1. The summed E-state index contributed by atoms with van der Waals surface area (Å²) in [7, 11) is 0. The first-order chi connectivity index (χ1) is 10.2. The molecule has 0 aromatic carbocycles. The Morgan fingerprint density at radius 3 is 2.86 bits per heavy atom. The lowest BCUT2D eigenvalue weighted by atomic mass is 9.84. The average Bonchev–Trinajstić information content (AvgIpc) is 2.86. The van der Waals surface area contributed by atoms with Gasteiger partial charge in [-0.05, 0) is 37.8 Å². The van der Waals surface area contributed by atoms with Crippen LogP contribution in [0.2, 0.25) is 0 Å². The van der Waals surface area contributed by atoms with Gasteiger partial charge in [0.05, 0.1) is 0 Å². The predicted molar refractivity (Wildman–Crippen MR) is 81.8 cm³/mol. The van der Waals surface area contributed by atoms with Crippen LogP contribution in [0.4, 0.5) is 5.82 Å². The predicted octanol–water partition coefficient (Wildman–Crippen LogP) is 3.41. The topological polar surface area (TPSA) is 66.6 Å². The minimum absolute atomic E-state index is 0.216. The molecule has 112 valence electrons. The van der Waals surface area contributed by atoms with E-state index in [9.17, 15) is 9.90 Å². The third-order valence-corrected chi connectivity index (χ3v) is 4.45. The van der Waals surface area contributed by atoms with Crippen molar-refractivity contribution in [2.45, 2.75) is 45.1 Å². The maximum atomic E-state index is 11.6. The van der Waals surface area contributed by atoms with Gasteiger partial charge in [-0.2, -0.15) is 0 Å². The number of nitrogens with one attached hydrogen (secondary N) is 1. The lowest BCUT2D eigenvalue weighted by Crippen LogP contribution is -2.28. The van der Waals surface area contributed by atoms with Crippen molar-refractivity contribution in [2.24, 2.45) is 5.92 Å². The lowest BCUT2D eigenvalue weighted by Gasteiger charge is -2.28. The van der Waals surface area contributed by atoms with E-state index in [0.717, 1.165) is 0 Å². The number of carboxylic acids is 1. The Kier molecular flexibility index (Phi) is 3.82. The number of aromatic nitrogens is 2. The fourth-order valence-corrected chi connectivity index (χ4v) is 3.27. The summed E-state index contributed by atoms with van der Waals surface area (Å²) in [6.07, 6.45) is 8.02. The highest BCUT2D eigenvalue weighted by Crippen LogP contribution is 2.29. The highest BCUT2D eigenvalue weighted by atomic mass is 16.4. The number of carboxylic acid groups (broad SMARTS) is 1. The van der Waals surface area contributed by atoms with Crippen LogP contribution in [0, 0.1) is 5.92 Å². The molecule has 1 fully saturated rings. The van der Waals surface area contributed by atoms with Crippen LogP contribution in [0.1, 0.15) is 49.5 Å². The highest BCUT2D eigenvalue weighted by molar-refractivity contribution is 5.93. The molecule has 2 heterocycles. The first-order valence-electron chi connectivity index (χ1n) is 7.63. The van der Waals surface area contributed by atoms with E-state index in [4.69, 9.17) is 0 Å². The highest BCUT2D eigenvalue weighted by Gasteiger charge is 2.24. The van der Waals surface area contributed by atoms with Crippen molar-refractivity contribution in [2.75, 3.05) is 5.32 Å². The van der Waals surface area contributed by atoms with Gasteiger partial charge >= 0.3 is 5.97 Å². The Bertz CT molecular complexity index is 644. The zero-order valence-electron chi connectivity index (χ0n) is 12.2. The van der Waals surface area contributed by atoms with Crippen LogP contribution in [0.3, 0.4) is 0 Å². The maximum Gasteiger partial charge on any atom is 0.356 e. The first-order valence-corrected chi connectivity index (χ1v) is 7.63. The monoisotopic (exact) mass is 287 g/mol. The van der Waals surface area contributed by atoms with E-state index in [0.29, 0.717) is 17.4 Å². The van der Waals surface area contributed by atoms with Crippen LogP contribution in [-0.2, 0) is 0 Å². The number of rotatable bonds is 4. The standard InChI is InChI=1S/C16H21N3O2/c1-11(12-7-3-2-4-8-12)17-15-14(16(20)21)19-10-6-5-9-13(19)18-15/h5-6,9-12,17H,2-4,7-8H2,1H3,(H,20,21). The molecule has 1 atom stereocenters. The molecule has 2 N–H and O–H groups in total. The van der Waals surface area contributed by atoms with Crippen LogP contribution >= 0.6 is 0 Å². The summed E-state index contributed by atoms with van der Waals surface area (Å²) in [5.74, 6) is 0.129. The zero-order valence-corrected chi connectivity index (χ0v) is 12.2. The normalized spacial score (nSPS) is 17.8. The summed E-state index contributed by atoms with van der Waals surface area (Å²) in [4.78, 5) is 16.0. The largest absolute Gasteiger partial charge is 0.476 e. The Hall–Kier alpha value is -2.04. The van der Waals surface area contributed by atoms with Gasteiger partial charge < -0.3 is 10.4 Å². The molecule has 3 rings (SSSR count). The van der Waals surface area contributed by atoms with Gasteiger partial charge in [0.1, 0.15) is 5.65 Å². The van der Waals surface area contributed by atoms with Gasteiger partial charge in [-0.15, -0.1) is 0 Å². The van der Waals surface area contributed by atoms with Gasteiger partial charge in [-0.25, -0.2) is 9.78 Å². The van der Waals surface area contributed by atoms with Crippen LogP contribution in [0.25, 0.3) is 5.65 Å². The van der Waals surface area contributed by atoms with Gasteiger partial charge in [0.2, 0.25) is 0 Å². The SMILES string of the molecule is CC(Nc1nc2ccccn2c1C(=O)O)C1CCCCC1. The van der Waals surface area contributed by atoms with Crippen molar-refractivity contribution in [1.29, 1.82) is 0 Å². The fourth-order valence-electron chi connectivity index (χ4n) is 3.27. The van der Waals surface area contributed by atoms with E-state index in [1.165, 1.54) is 32.1 Å². The lowest BCUT2D eigenvalue weighted by molar-refractivity contribution is 0.0690. The maximum absolute atomic E-state index is 11.6. The molecular weight excluding hydrogens is 266 g/mol. The van der Waals surface area contributed by atoms with Crippen LogP contribution < -0.4 is 5.32 Å². The van der Waals surface area contributed by atoms with Crippen molar-refractivity contribution in [3.8, 4) is 0 Å².